The van der Waals surface area contributed by atoms with Crippen molar-refractivity contribution >= 4 is 93.7 Å². The van der Waals surface area contributed by atoms with E-state index in [1.165, 1.54) is 164 Å². The highest BCUT2D eigenvalue weighted by Crippen LogP contribution is 2.52. The average Bonchev–Trinajstić information content (AvgIpc) is 3.77. The Bertz CT molecular complexity index is 3700. The minimum atomic E-state index is -0.0440. The molecule has 10 aromatic rings. The summed E-state index contributed by atoms with van der Waals surface area (Å²) in [5.74, 6) is 0.654. The molecule has 0 radical (unpaired) electrons. The Hall–Kier alpha value is -5.54. The summed E-state index contributed by atoms with van der Waals surface area (Å²) < 4.78 is 5.55. The van der Waals surface area contributed by atoms with Gasteiger partial charge in [-0.1, -0.05) is 157 Å². The Morgan fingerprint density at radius 1 is 0.462 bits per heavy atom. The van der Waals surface area contributed by atoms with E-state index in [2.05, 4.69) is 189 Å². The smallest absolute Gasteiger partial charge is 0.333 e. The molecule has 65 heavy (non-hydrogen) atoms. The molecule has 1 fully saturated rings. The second-order valence-corrected chi connectivity index (χ2v) is 24.9. The molecule has 2 aliphatic heterocycles. The van der Waals surface area contributed by atoms with Crippen molar-refractivity contribution in [1.29, 1.82) is 0 Å². The van der Waals surface area contributed by atoms with E-state index in [0.29, 0.717) is 5.92 Å². The van der Waals surface area contributed by atoms with E-state index in [9.17, 15) is 0 Å². The quantitative estimate of drug-likeness (QED) is 0.115. The normalized spacial score (nSPS) is 15.9. The fourth-order valence-corrected chi connectivity index (χ4v) is 13.0. The molecule has 13 rings (SSSR count). The van der Waals surface area contributed by atoms with Gasteiger partial charge in [-0.05, 0) is 149 Å². The Kier molecular flexibility index (Phi) is 7.75. The van der Waals surface area contributed by atoms with E-state index in [1.54, 1.807) is 0 Å². The van der Waals surface area contributed by atoms with Gasteiger partial charge in [0.05, 0.1) is 16.7 Å². The highest BCUT2D eigenvalue weighted by Gasteiger charge is 2.44. The first-order valence-electron chi connectivity index (χ1n) is 24.8. The van der Waals surface area contributed by atoms with Crippen LogP contribution in [0.25, 0.3) is 92.7 Å². The lowest BCUT2D eigenvalue weighted by atomic mass is 9.44. The van der Waals surface area contributed by atoms with E-state index in [0.717, 1.165) is 0 Å². The Labute approximate surface area is 385 Å². The van der Waals surface area contributed by atoms with Crippen molar-refractivity contribution in [2.75, 3.05) is 0 Å². The molecule has 8 aromatic carbocycles. The maximum atomic E-state index is 2.81. The van der Waals surface area contributed by atoms with E-state index < -0.39 is 0 Å². The summed E-state index contributed by atoms with van der Waals surface area (Å²) in [4.78, 5) is 0. The average molecular weight is 847 g/mol. The van der Waals surface area contributed by atoms with Crippen molar-refractivity contribution in [3.63, 3.8) is 0 Å². The van der Waals surface area contributed by atoms with Crippen LogP contribution in [0.4, 0.5) is 0 Å². The Balaban J connectivity index is 1.28. The number of aromatic nitrogens is 2. The molecule has 324 valence electrons. The summed E-state index contributed by atoms with van der Waals surface area (Å²) >= 11 is 0. The molecule has 3 heteroatoms. The molecule has 0 unspecified atom stereocenters. The van der Waals surface area contributed by atoms with Crippen molar-refractivity contribution in [2.45, 2.75) is 143 Å². The molecule has 1 aliphatic carbocycles. The number of rotatable bonds is 1. The third-order valence-electron chi connectivity index (χ3n) is 16.6. The lowest BCUT2D eigenvalue weighted by Crippen LogP contribution is -2.55. The lowest BCUT2D eigenvalue weighted by Gasteiger charge is -2.37. The topological polar surface area (TPSA) is 9.86 Å². The van der Waals surface area contributed by atoms with Crippen LogP contribution in [0.3, 0.4) is 0 Å². The van der Waals surface area contributed by atoms with Gasteiger partial charge < -0.3 is 9.05 Å². The summed E-state index contributed by atoms with van der Waals surface area (Å²) in [6.45, 7) is 28.5. The van der Waals surface area contributed by atoms with Gasteiger partial charge in [0, 0.05) is 48.9 Å². The fourth-order valence-electron chi connectivity index (χ4n) is 13.0. The van der Waals surface area contributed by atoms with Gasteiger partial charge in [0.1, 0.15) is 0 Å². The molecule has 0 N–H and O–H groups in total. The summed E-state index contributed by atoms with van der Waals surface area (Å²) in [5, 5.41) is 13.9. The summed E-state index contributed by atoms with van der Waals surface area (Å²) in [5.41, 5.74) is 19.5. The van der Waals surface area contributed by atoms with Crippen molar-refractivity contribution in [3.8, 4) is 16.8 Å². The first kappa shape index (κ1) is 39.8. The van der Waals surface area contributed by atoms with Gasteiger partial charge in [0.15, 0.2) is 0 Å². The monoisotopic (exact) mass is 847 g/mol. The van der Waals surface area contributed by atoms with Gasteiger partial charge in [-0.25, -0.2) is 0 Å². The van der Waals surface area contributed by atoms with Crippen molar-refractivity contribution in [3.05, 3.63) is 125 Å². The maximum absolute atomic E-state index is 2.81. The minimum absolute atomic E-state index is 0.0167. The highest BCUT2D eigenvalue weighted by molar-refractivity contribution is 6.90. The van der Waals surface area contributed by atoms with E-state index in [4.69, 9.17) is 0 Å². The zero-order chi connectivity index (χ0) is 45.0. The molecular weight excluding hydrogens is 784 g/mol. The predicted molar refractivity (Wildman–Crippen MR) is 284 cm³/mol. The molecule has 3 aliphatic rings. The van der Waals surface area contributed by atoms with Crippen LogP contribution in [0.1, 0.15) is 149 Å². The molecule has 0 saturated heterocycles. The van der Waals surface area contributed by atoms with Gasteiger partial charge in [0.2, 0.25) is 0 Å². The van der Waals surface area contributed by atoms with Gasteiger partial charge in [-0.3, -0.25) is 0 Å². The second kappa shape index (κ2) is 12.7. The fraction of sp³-hybridized carbons (Fsp3) is 0.355. The SMILES string of the molecule is CC(C)(C)c1ccc2c(c1)c1cc(C(C)(C)C)cc3c1n2B1c2c-3c3ccc4cc(C5CCCCC5)cc5ccc(c2-n2c6ccc(C(C)(C)C)cc6c6cc(C(C)(C)C)cc1c62)c3c45. The number of hydrogen-bond acceptors (Lipinski definition) is 0. The summed E-state index contributed by atoms with van der Waals surface area (Å²) in [6, 6.07) is 40.4. The molecule has 1 saturated carbocycles. The van der Waals surface area contributed by atoms with Crippen LogP contribution in [0.15, 0.2) is 97.1 Å². The Morgan fingerprint density at radius 2 is 1.00 bits per heavy atom. The number of fused-ring (bicyclic) bond motifs is 12. The zero-order valence-corrected chi connectivity index (χ0v) is 40.8. The molecule has 4 heterocycles. The third-order valence-corrected chi connectivity index (χ3v) is 16.6. The van der Waals surface area contributed by atoms with Crippen LogP contribution in [0, 0.1) is 0 Å². The maximum Gasteiger partial charge on any atom is 0.333 e. The standard InChI is InChI=1S/C62H63BN2/c1-59(2,3)38-20-24-50-44(28-38)47-31-41(62(10,11)12)33-49-57(47)64(50)58-43-23-19-36-27-37(34-16-14-13-15-17-34)26-35-18-22-42(53(43)52(35)36)54-48-32-40(61(7,8)9)30-46-45-29-39(60(4,5)6)21-25-51(45)65(56(46)48)63(49)55(54)58/h18-34H,13-17H2,1-12H3. The molecule has 0 atom stereocenters. The second-order valence-electron chi connectivity index (χ2n) is 24.9. The van der Waals surface area contributed by atoms with Gasteiger partial charge in [-0.2, -0.15) is 0 Å². The molecule has 2 aromatic heterocycles. The van der Waals surface area contributed by atoms with Crippen LogP contribution in [0.2, 0.25) is 0 Å². The first-order chi connectivity index (χ1) is 30.8. The van der Waals surface area contributed by atoms with Gasteiger partial charge in [-0.15, -0.1) is 0 Å². The largest absolute Gasteiger partial charge is 0.375 e. The van der Waals surface area contributed by atoms with Gasteiger partial charge >= 0.3 is 6.85 Å². The number of hydrogen-bond donors (Lipinski definition) is 0. The molecule has 0 bridgehead atoms. The van der Waals surface area contributed by atoms with Crippen molar-refractivity contribution < 1.29 is 0 Å². The zero-order valence-electron chi connectivity index (χ0n) is 40.8. The van der Waals surface area contributed by atoms with Crippen molar-refractivity contribution in [1.82, 2.24) is 9.05 Å². The highest BCUT2D eigenvalue weighted by atomic mass is 15.0. The predicted octanol–water partition coefficient (Wildman–Crippen LogP) is 16.0. The van der Waals surface area contributed by atoms with E-state index >= 15 is 0 Å². The number of benzene rings is 8. The summed E-state index contributed by atoms with van der Waals surface area (Å²) in [6.07, 6.45) is 6.68. The van der Waals surface area contributed by atoms with Crippen LogP contribution >= 0.6 is 0 Å². The third kappa shape index (κ3) is 5.36. The van der Waals surface area contributed by atoms with Gasteiger partial charge in [0.25, 0.3) is 0 Å². The van der Waals surface area contributed by atoms with E-state index in [-0.39, 0.29) is 28.5 Å². The van der Waals surface area contributed by atoms with Crippen molar-refractivity contribution in [2.24, 2.45) is 0 Å². The van der Waals surface area contributed by atoms with Crippen LogP contribution < -0.4 is 10.9 Å². The van der Waals surface area contributed by atoms with Crippen LogP contribution in [-0.4, -0.2) is 15.9 Å². The molecular formula is C62H63BN2. The molecule has 0 spiro atoms. The molecule has 2 nitrogen and oxygen atoms in total. The van der Waals surface area contributed by atoms with E-state index in [1.807, 2.05) is 0 Å². The van der Waals surface area contributed by atoms with Crippen LogP contribution in [0.5, 0.6) is 0 Å². The summed E-state index contributed by atoms with van der Waals surface area (Å²) in [7, 11) is 0. The number of nitrogens with zero attached hydrogens (tertiary/aromatic N) is 2. The minimum Gasteiger partial charge on any atom is -0.375 e. The van der Waals surface area contributed by atoms with Crippen LogP contribution in [-0.2, 0) is 21.7 Å². The first-order valence-corrected chi connectivity index (χ1v) is 24.8. The lowest BCUT2D eigenvalue weighted by molar-refractivity contribution is 0.444. The Morgan fingerprint density at radius 3 is 1.62 bits per heavy atom. The molecule has 0 amide bonds.